The van der Waals surface area contributed by atoms with E-state index in [0.717, 1.165) is 6.42 Å². The maximum atomic E-state index is 11.7. The van der Waals surface area contributed by atoms with E-state index < -0.39 is 18.0 Å². The lowest BCUT2D eigenvalue weighted by Crippen LogP contribution is -2.41. The Morgan fingerprint density at radius 3 is 2.59 bits per heavy atom. The van der Waals surface area contributed by atoms with Crippen LogP contribution in [0.15, 0.2) is 0 Å². The van der Waals surface area contributed by atoms with Gasteiger partial charge >= 0.3 is 12.0 Å². The molecule has 1 aliphatic rings. The third-order valence-corrected chi connectivity index (χ3v) is 3.18. The summed E-state index contributed by atoms with van der Waals surface area (Å²) in [7, 11) is 0. The fraction of sp³-hybridized carbons (Fsp3) is 0.818. The zero-order valence-electron chi connectivity index (χ0n) is 10.2. The van der Waals surface area contributed by atoms with Crippen LogP contribution >= 0.6 is 0 Å². The lowest BCUT2D eigenvalue weighted by atomic mass is 10.0. The minimum absolute atomic E-state index is 0.123. The Bertz CT molecular complexity index is 293. The fourth-order valence-electron chi connectivity index (χ4n) is 1.81. The molecule has 6 heteroatoms. The number of aliphatic hydroxyl groups is 1. The Morgan fingerprint density at radius 1 is 1.47 bits per heavy atom. The molecule has 0 aromatic rings. The zero-order valence-corrected chi connectivity index (χ0v) is 10.2. The molecule has 0 radical (unpaired) electrons. The molecule has 17 heavy (non-hydrogen) atoms. The number of hydrogen-bond acceptors (Lipinski definition) is 3. The number of carboxylic acid groups (broad SMARTS) is 1. The van der Waals surface area contributed by atoms with Gasteiger partial charge in [0.05, 0.1) is 12.0 Å². The molecule has 6 nitrogen and oxygen atoms in total. The molecule has 2 amide bonds. The van der Waals surface area contributed by atoms with Gasteiger partial charge in [-0.25, -0.2) is 4.79 Å². The highest BCUT2D eigenvalue weighted by Gasteiger charge is 2.29. The largest absolute Gasteiger partial charge is 0.481 e. The maximum absolute atomic E-state index is 11.7. The molecular formula is C11H20N2O4. The van der Waals surface area contributed by atoms with Gasteiger partial charge in [-0.15, -0.1) is 0 Å². The van der Waals surface area contributed by atoms with Crippen molar-refractivity contribution in [2.45, 2.75) is 26.4 Å². The van der Waals surface area contributed by atoms with E-state index in [1.165, 1.54) is 0 Å². The molecule has 0 bridgehead atoms. The number of hydrogen-bond donors (Lipinski definition) is 3. The average molecular weight is 244 g/mol. The summed E-state index contributed by atoms with van der Waals surface area (Å²) in [6, 6.07) is -0.249. The van der Waals surface area contributed by atoms with Crippen molar-refractivity contribution >= 4 is 12.0 Å². The van der Waals surface area contributed by atoms with Gasteiger partial charge in [-0.2, -0.15) is 0 Å². The summed E-state index contributed by atoms with van der Waals surface area (Å²) in [6.45, 7) is 4.54. The van der Waals surface area contributed by atoms with Gasteiger partial charge < -0.3 is 20.4 Å². The zero-order chi connectivity index (χ0) is 13.0. The van der Waals surface area contributed by atoms with Gasteiger partial charge in [0, 0.05) is 25.6 Å². The predicted octanol–water partition coefficient (Wildman–Crippen LogP) is 0.119. The smallest absolute Gasteiger partial charge is 0.317 e. The summed E-state index contributed by atoms with van der Waals surface area (Å²) in [4.78, 5) is 23.9. The molecule has 98 valence electrons. The molecule has 0 aromatic heterocycles. The van der Waals surface area contributed by atoms with Crippen molar-refractivity contribution in [3.8, 4) is 0 Å². The second kappa shape index (κ2) is 5.86. The first kappa shape index (κ1) is 13.8. The van der Waals surface area contributed by atoms with Crippen LogP contribution in [0.3, 0.4) is 0 Å². The SMILES string of the molecule is CC(CNC(=O)N1CCC(C(C)O)C1)C(=O)O. The van der Waals surface area contributed by atoms with E-state index in [-0.39, 0.29) is 18.5 Å². The average Bonchev–Trinajstić information content (AvgIpc) is 2.74. The molecule has 3 atom stereocenters. The van der Waals surface area contributed by atoms with Crippen molar-refractivity contribution in [1.29, 1.82) is 0 Å². The maximum Gasteiger partial charge on any atom is 0.317 e. The number of likely N-dealkylation sites (tertiary alicyclic amines) is 1. The fourth-order valence-corrected chi connectivity index (χ4v) is 1.81. The van der Waals surface area contributed by atoms with Gasteiger partial charge in [-0.1, -0.05) is 6.92 Å². The van der Waals surface area contributed by atoms with Gasteiger partial charge in [0.1, 0.15) is 0 Å². The first-order valence-corrected chi connectivity index (χ1v) is 5.85. The van der Waals surface area contributed by atoms with E-state index in [1.807, 2.05) is 0 Å². The number of amides is 2. The standard InChI is InChI=1S/C11H20N2O4/c1-7(10(15)16)5-12-11(17)13-4-3-9(6-13)8(2)14/h7-9,14H,3-6H2,1-2H3,(H,12,17)(H,15,16). The molecule has 0 spiro atoms. The second-order valence-electron chi connectivity index (χ2n) is 4.66. The summed E-state index contributed by atoms with van der Waals surface area (Å²) in [5, 5.41) is 20.7. The third kappa shape index (κ3) is 3.89. The van der Waals surface area contributed by atoms with Crippen LogP contribution in [-0.4, -0.2) is 52.9 Å². The summed E-state index contributed by atoms with van der Waals surface area (Å²) in [5.41, 5.74) is 0. The molecule has 1 aliphatic heterocycles. The lowest BCUT2D eigenvalue weighted by Gasteiger charge is -2.19. The molecule has 3 N–H and O–H groups in total. The van der Waals surface area contributed by atoms with Crippen molar-refractivity contribution in [2.24, 2.45) is 11.8 Å². The third-order valence-electron chi connectivity index (χ3n) is 3.18. The number of urea groups is 1. The van der Waals surface area contributed by atoms with Crippen LogP contribution in [0.25, 0.3) is 0 Å². The van der Waals surface area contributed by atoms with Crippen LogP contribution in [0.2, 0.25) is 0 Å². The van der Waals surface area contributed by atoms with Gasteiger partial charge in [0.15, 0.2) is 0 Å². The van der Waals surface area contributed by atoms with Gasteiger partial charge in [-0.05, 0) is 13.3 Å². The lowest BCUT2D eigenvalue weighted by molar-refractivity contribution is -0.140. The van der Waals surface area contributed by atoms with E-state index in [9.17, 15) is 14.7 Å². The first-order chi connectivity index (χ1) is 7.91. The Hall–Kier alpha value is -1.30. The normalized spacial score (nSPS) is 23.2. The molecule has 1 rings (SSSR count). The number of carbonyl (C=O) groups excluding carboxylic acids is 1. The van der Waals surface area contributed by atoms with Crippen LogP contribution < -0.4 is 5.32 Å². The number of carbonyl (C=O) groups is 2. The Kier molecular flexibility index (Phi) is 4.74. The highest BCUT2D eigenvalue weighted by atomic mass is 16.4. The first-order valence-electron chi connectivity index (χ1n) is 5.85. The number of nitrogens with one attached hydrogen (secondary N) is 1. The number of nitrogens with zero attached hydrogens (tertiary/aromatic N) is 1. The Labute approximate surface area is 101 Å². The Balaban J connectivity index is 2.32. The quantitative estimate of drug-likeness (QED) is 0.655. The van der Waals surface area contributed by atoms with Crippen molar-refractivity contribution in [2.75, 3.05) is 19.6 Å². The van der Waals surface area contributed by atoms with Gasteiger partial charge in [0.25, 0.3) is 0 Å². The summed E-state index contributed by atoms with van der Waals surface area (Å²) in [6.07, 6.45) is 0.380. The van der Waals surface area contributed by atoms with E-state index in [4.69, 9.17) is 5.11 Å². The highest BCUT2D eigenvalue weighted by Crippen LogP contribution is 2.19. The van der Waals surface area contributed by atoms with Crippen molar-refractivity contribution < 1.29 is 19.8 Å². The molecule has 1 saturated heterocycles. The molecular weight excluding hydrogens is 224 g/mol. The second-order valence-corrected chi connectivity index (χ2v) is 4.66. The molecule has 0 aliphatic carbocycles. The van der Waals surface area contributed by atoms with Crippen molar-refractivity contribution in [3.63, 3.8) is 0 Å². The van der Waals surface area contributed by atoms with Crippen LogP contribution in [0.1, 0.15) is 20.3 Å². The number of rotatable bonds is 4. The van der Waals surface area contributed by atoms with Crippen LogP contribution in [0, 0.1) is 11.8 Å². The minimum atomic E-state index is -0.923. The topological polar surface area (TPSA) is 89.9 Å². The minimum Gasteiger partial charge on any atom is -0.481 e. The predicted molar refractivity (Wildman–Crippen MR) is 61.6 cm³/mol. The monoisotopic (exact) mass is 244 g/mol. The summed E-state index contributed by atoms with van der Waals surface area (Å²) in [5.74, 6) is -1.39. The highest BCUT2D eigenvalue weighted by molar-refractivity contribution is 5.76. The van der Waals surface area contributed by atoms with Crippen LogP contribution in [0.4, 0.5) is 4.79 Å². The molecule has 0 saturated carbocycles. The molecule has 0 aromatic carbocycles. The van der Waals surface area contributed by atoms with Crippen LogP contribution in [0.5, 0.6) is 0 Å². The van der Waals surface area contributed by atoms with E-state index in [2.05, 4.69) is 5.32 Å². The van der Waals surface area contributed by atoms with Crippen molar-refractivity contribution in [3.05, 3.63) is 0 Å². The van der Waals surface area contributed by atoms with Crippen molar-refractivity contribution in [1.82, 2.24) is 10.2 Å². The van der Waals surface area contributed by atoms with Crippen LogP contribution in [-0.2, 0) is 4.79 Å². The van der Waals surface area contributed by atoms with E-state index in [1.54, 1.807) is 18.7 Å². The van der Waals surface area contributed by atoms with E-state index in [0.29, 0.717) is 13.1 Å². The summed E-state index contributed by atoms with van der Waals surface area (Å²) >= 11 is 0. The number of aliphatic hydroxyl groups excluding tert-OH is 1. The molecule has 3 unspecified atom stereocenters. The summed E-state index contributed by atoms with van der Waals surface area (Å²) < 4.78 is 0. The molecule has 1 heterocycles. The van der Waals surface area contributed by atoms with Gasteiger partial charge in [-0.3, -0.25) is 4.79 Å². The van der Waals surface area contributed by atoms with Gasteiger partial charge in [0.2, 0.25) is 0 Å². The Morgan fingerprint density at radius 2 is 2.12 bits per heavy atom. The molecule has 1 fully saturated rings. The number of carboxylic acids is 1. The number of aliphatic carboxylic acids is 1. The van der Waals surface area contributed by atoms with E-state index >= 15 is 0 Å².